The van der Waals surface area contributed by atoms with E-state index in [1.165, 1.54) is 18.5 Å². The highest BCUT2D eigenvalue weighted by Gasteiger charge is 2.56. The van der Waals surface area contributed by atoms with Gasteiger partial charge in [0, 0.05) is 23.5 Å². The van der Waals surface area contributed by atoms with Crippen molar-refractivity contribution in [3.8, 4) is 5.69 Å². The summed E-state index contributed by atoms with van der Waals surface area (Å²) in [5.74, 6) is 0.720. The van der Waals surface area contributed by atoms with Crippen LogP contribution >= 0.6 is 11.6 Å². The summed E-state index contributed by atoms with van der Waals surface area (Å²) in [6.45, 7) is 2.34. The van der Waals surface area contributed by atoms with Crippen molar-refractivity contribution < 1.29 is 18.0 Å². The van der Waals surface area contributed by atoms with Gasteiger partial charge in [-0.3, -0.25) is 4.79 Å². The third kappa shape index (κ3) is 3.27. The predicted octanol–water partition coefficient (Wildman–Crippen LogP) is 4.75. The van der Waals surface area contributed by atoms with Gasteiger partial charge >= 0.3 is 6.18 Å². The van der Waals surface area contributed by atoms with Gasteiger partial charge in [-0.25, -0.2) is 4.98 Å². The molecule has 7 nitrogen and oxygen atoms in total. The second-order valence-corrected chi connectivity index (χ2v) is 9.18. The predicted molar refractivity (Wildman–Crippen MR) is 118 cm³/mol. The van der Waals surface area contributed by atoms with E-state index >= 15 is 0 Å². The number of hydrogen-bond donors (Lipinski definition) is 1. The lowest BCUT2D eigenvalue weighted by atomic mass is 10.0. The average molecular weight is 487 g/mol. The second-order valence-electron chi connectivity index (χ2n) is 8.77. The molecule has 1 amide bonds. The molecular formula is C23H18ClF3N6O. The molecule has 1 saturated carbocycles. The van der Waals surface area contributed by atoms with E-state index in [2.05, 4.69) is 15.2 Å². The number of amides is 1. The Kier molecular flexibility index (Phi) is 4.54. The van der Waals surface area contributed by atoms with E-state index in [4.69, 9.17) is 16.6 Å². The van der Waals surface area contributed by atoms with Crippen LogP contribution in [0, 0.1) is 12.8 Å². The number of piperidine rings is 1. The molecule has 3 atom stereocenters. The summed E-state index contributed by atoms with van der Waals surface area (Å²) in [5.41, 5.74) is 1.84. The molecule has 1 aliphatic carbocycles. The number of aromatic nitrogens is 5. The number of nitrogens with one attached hydrogen (secondary N) is 1. The minimum atomic E-state index is -4.55. The normalized spacial score (nSPS) is 21.8. The minimum Gasteiger partial charge on any atom is -0.342 e. The SMILES string of the molecule is Cc1c(Cl)ccc2[nH]c(C3CN(C(=O)c4ccc(C(F)(F)F)cc4-n4nccn4)[C@H]4C[C@H]34)nc12. The summed E-state index contributed by atoms with van der Waals surface area (Å²) >= 11 is 6.23. The fourth-order valence-electron chi connectivity index (χ4n) is 4.93. The molecule has 0 bridgehead atoms. The maximum absolute atomic E-state index is 13.5. The third-order valence-electron chi connectivity index (χ3n) is 6.78. The van der Waals surface area contributed by atoms with Crippen LogP contribution in [0.1, 0.15) is 39.6 Å². The summed E-state index contributed by atoms with van der Waals surface area (Å²) < 4.78 is 40.0. The van der Waals surface area contributed by atoms with Crippen LogP contribution in [0.5, 0.6) is 0 Å². The molecule has 2 aromatic heterocycles. The smallest absolute Gasteiger partial charge is 0.342 e. The van der Waals surface area contributed by atoms with E-state index < -0.39 is 11.7 Å². The van der Waals surface area contributed by atoms with Crippen molar-refractivity contribution in [3.05, 3.63) is 70.3 Å². The topological polar surface area (TPSA) is 79.7 Å². The summed E-state index contributed by atoms with van der Waals surface area (Å²) in [7, 11) is 0. The number of imidazole rings is 1. The molecule has 1 N–H and O–H groups in total. The number of H-pyrrole nitrogens is 1. The van der Waals surface area contributed by atoms with Gasteiger partial charge in [0.2, 0.25) is 0 Å². The zero-order valence-corrected chi connectivity index (χ0v) is 18.6. The van der Waals surface area contributed by atoms with E-state index in [1.54, 1.807) is 4.90 Å². The van der Waals surface area contributed by atoms with Gasteiger partial charge < -0.3 is 9.88 Å². The molecule has 4 aromatic rings. The first-order chi connectivity index (χ1) is 16.2. The number of carbonyl (C=O) groups excluding carboxylic acids is 1. The highest BCUT2D eigenvalue weighted by atomic mass is 35.5. The molecule has 1 aliphatic heterocycles. The molecule has 2 fully saturated rings. The number of nitrogens with zero attached hydrogens (tertiary/aromatic N) is 5. The molecule has 1 unspecified atom stereocenters. The maximum atomic E-state index is 13.5. The number of rotatable bonds is 3. The molecule has 3 heterocycles. The Labute approximate surface area is 196 Å². The van der Waals surface area contributed by atoms with E-state index in [9.17, 15) is 18.0 Å². The van der Waals surface area contributed by atoms with Gasteiger partial charge in [0.25, 0.3) is 5.91 Å². The number of aromatic amines is 1. The Bertz CT molecular complexity index is 1430. The van der Waals surface area contributed by atoms with Crippen molar-refractivity contribution in [1.29, 1.82) is 0 Å². The van der Waals surface area contributed by atoms with Crippen molar-refractivity contribution in [2.24, 2.45) is 5.92 Å². The minimum absolute atomic E-state index is 0.000483. The molecule has 1 saturated heterocycles. The first-order valence-electron chi connectivity index (χ1n) is 10.8. The Morgan fingerprint density at radius 3 is 2.68 bits per heavy atom. The largest absolute Gasteiger partial charge is 0.416 e. The number of hydrogen-bond acceptors (Lipinski definition) is 4. The fourth-order valence-corrected chi connectivity index (χ4v) is 5.08. The van der Waals surface area contributed by atoms with Gasteiger partial charge in [-0.2, -0.15) is 28.2 Å². The highest BCUT2D eigenvalue weighted by Crippen LogP contribution is 2.53. The number of likely N-dealkylation sites (tertiary alicyclic amines) is 1. The Morgan fingerprint density at radius 1 is 1.18 bits per heavy atom. The average Bonchev–Trinajstić information content (AvgIpc) is 3.18. The molecular weight excluding hydrogens is 469 g/mol. The first-order valence-corrected chi connectivity index (χ1v) is 11.1. The van der Waals surface area contributed by atoms with Crippen LogP contribution < -0.4 is 0 Å². The number of aryl methyl sites for hydroxylation is 1. The Morgan fingerprint density at radius 2 is 1.94 bits per heavy atom. The Hall–Kier alpha value is -3.40. The summed E-state index contributed by atoms with van der Waals surface area (Å²) in [6.07, 6.45) is -1.02. The fraction of sp³-hybridized carbons (Fsp3) is 0.304. The van der Waals surface area contributed by atoms with E-state index in [0.717, 1.165) is 45.8 Å². The lowest BCUT2D eigenvalue weighted by Gasteiger charge is -2.22. The van der Waals surface area contributed by atoms with Gasteiger partial charge in [0.15, 0.2) is 0 Å². The van der Waals surface area contributed by atoms with Crippen molar-refractivity contribution in [2.45, 2.75) is 31.5 Å². The van der Waals surface area contributed by atoms with Crippen LogP contribution in [-0.2, 0) is 6.18 Å². The molecule has 6 rings (SSSR count). The first kappa shape index (κ1) is 21.2. The van der Waals surface area contributed by atoms with Crippen LogP contribution in [0.2, 0.25) is 5.02 Å². The molecule has 2 aromatic carbocycles. The lowest BCUT2D eigenvalue weighted by molar-refractivity contribution is -0.137. The van der Waals surface area contributed by atoms with Crippen LogP contribution in [0.4, 0.5) is 13.2 Å². The molecule has 0 radical (unpaired) electrons. The Balaban J connectivity index is 1.33. The zero-order chi connectivity index (χ0) is 23.8. The van der Waals surface area contributed by atoms with Crippen molar-refractivity contribution in [3.63, 3.8) is 0 Å². The van der Waals surface area contributed by atoms with Gasteiger partial charge in [0.1, 0.15) is 5.82 Å². The quantitative estimate of drug-likeness (QED) is 0.453. The highest BCUT2D eigenvalue weighted by molar-refractivity contribution is 6.32. The van der Waals surface area contributed by atoms with Gasteiger partial charge in [-0.05, 0) is 55.2 Å². The van der Waals surface area contributed by atoms with E-state index in [0.29, 0.717) is 11.6 Å². The second kappa shape index (κ2) is 7.30. The van der Waals surface area contributed by atoms with Crippen LogP contribution in [0.3, 0.4) is 0 Å². The maximum Gasteiger partial charge on any atom is 0.416 e. The van der Waals surface area contributed by atoms with Gasteiger partial charge in [-0.15, -0.1) is 0 Å². The van der Waals surface area contributed by atoms with E-state index in [-0.39, 0.29) is 35.0 Å². The van der Waals surface area contributed by atoms with Crippen molar-refractivity contribution >= 4 is 28.5 Å². The standard InChI is InChI=1S/C23H18ClF3N6O/c1-11-16(24)4-5-17-20(11)31-21(30-17)15-10-32(18-9-14(15)18)22(34)13-3-2-12(23(25,26)27)8-19(13)33-28-6-7-29-33/h2-8,14-15,18H,9-10H2,1H3,(H,30,31)/t14-,15?,18+/m1/s1. The summed E-state index contributed by atoms with van der Waals surface area (Å²) in [4.78, 5) is 24.4. The number of fused-ring (bicyclic) bond motifs is 2. The molecule has 34 heavy (non-hydrogen) atoms. The van der Waals surface area contributed by atoms with E-state index in [1.807, 2.05) is 19.1 Å². The summed E-state index contributed by atoms with van der Waals surface area (Å²) in [6, 6.07) is 6.77. The van der Waals surface area contributed by atoms with Crippen molar-refractivity contribution in [2.75, 3.05) is 6.54 Å². The molecule has 174 valence electrons. The van der Waals surface area contributed by atoms with Gasteiger partial charge in [0.05, 0.1) is 40.2 Å². The number of carbonyl (C=O) groups is 1. The summed E-state index contributed by atoms with van der Waals surface area (Å²) in [5, 5.41) is 8.54. The number of alkyl halides is 3. The van der Waals surface area contributed by atoms with Gasteiger partial charge in [-0.1, -0.05) is 11.6 Å². The number of benzene rings is 2. The lowest BCUT2D eigenvalue weighted by Crippen LogP contribution is -2.33. The monoisotopic (exact) mass is 486 g/mol. The van der Waals surface area contributed by atoms with Crippen LogP contribution in [-0.4, -0.2) is 48.4 Å². The molecule has 11 heteroatoms. The molecule has 0 spiro atoms. The van der Waals surface area contributed by atoms with Crippen LogP contribution in [0.25, 0.3) is 16.7 Å². The number of halogens is 4. The van der Waals surface area contributed by atoms with Crippen molar-refractivity contribution in [1.82, 2.24) is 29.9 Å². The third-order valence-corrected chi connectivity index (χ3v) is 7.19. The zero-order valence-electron chi connectivity index (χ0n) is 17.8. The molecule has 2 aliphatic rings. The van der Waals surface area contributed by atoms with Crippen LogP contribution in [0.15, 0.2) is 42.7 Å².